The van der Waals surface area contributed by atoms with E-state index in [9.17, 15) is 9.59 Å². The van der Waals surface area contributed by atoms with Crippen molar-refractivity contribution in [3.63, 3.8) is 0 Å². The number of rotatable bonds is 6. The first-order valence-electron chi connectivity index (χ1n) is 9.64. The van der Waals surface area contributed by atoms with Crippen LogP contribution in [0.2, 0.25) is 0 Å². The summed E-state index contributed by atoms with van der Waals surface area (Å²) in [6.45, 7) is 3.01. The molecule has 2 unspecified atom stereocenters. The molecule has 1 saturated heterocycles. The molecule has 2 aromatic rings. The van der Waals surface area contributed by atoms with Gasteiger partial charge in [-0.1, -0.05) is 18.2 Å². The number of carbonyl (C=O) groups is 2. The van der Waals surface area contributed by atoms with Gasteiger partial charge in [-0.05, 0) is 42.3 Å². The van der Waals surface area contributed by atoms with E-state index in [0.717, 1.165) is 16.9 Å². The normalized spacial score (nSPS) is 18.6. The van der Waals surface area contributed by atoms with Gasteiger partial charge in [0.1, 0.15) is 5.75 Å². The second-order valence-corrected chi connectivity index (χ2v) is 7.37. The molecule has 1 fully saturated rings. The molecule has 29 heavy (non-hydrogen) atoms. The van der Waals surface area contributed by atoms with E-state index in [0.29, 0.717) is 24.6 Å². The second-order valence-electron chi connectivity index (χ2n) is 7.37. The molecule has 0 radical (unpaired) electrons. The number of nitrogens with one attached hydrogen (secondary N) is 1. The average molecular weight is 396 g/mol. The second kappa shape index (κ2) is 8.03. The lowest BCUT2D eigenvalue weighted by Crippen LogP contribution is -2.34. The smallest absolute Gasteiger partial charge is 0.231 e. The third-order valence-electron chi connectivity index (χ3n) is 5.37. The Morgan fingerprint density at radius 1 is 1.21 bits per heavy atom. The highest BCUT2D eigenvalue weighted by Gasteiger charge is 2.35. The Bertz CT molecular complexity index is 912. The number of amides is 2. The lowest BCUT2D eigenvalue weighted by molar-refractivity contribution is -0.129. The summed E-state index contributed by atoms with van der Waals surface area (Å²) >= 11 is 0. The van der Waals surface area contributed by atoms with Crippen molar-refractivity contribution in [1.82, 2.24) is 10.2 Å². The van der Waals surface area contributed by atoms with Gasteiger partial charge in [0.05, 0.1) is 19.1 Å². The molecule has 4 rings (SSSR count). The lowest BCUT2D eigenvalue weighted by Gasteiger charge is -2.19. The summed E-state index contributed by atoms with van der Waals surface area (Å²) in [4.78, 5) is 26.8. The maximum absolute atomic E-state index is 12.7. The first-order valence-corrected chi connectivity index (χ1v) is 9.64. The van der Waals surface area contributed by atoms with Gasteiger partial charge >= 0.3 is 0 Å². The molecule has 0 aromatic heterocycles. The van der Waals surface area contributed by atoms with Crippen molar-refractivity contribution in [2.75, 3.05) is 20.4 Å². The van der Waals surface area contributed by atoms with Crippen LogP contribution in [-0.4, -0.2) is 37.2 Å². The van der Waals surface area contributed by atoms with Gasteiger partial charge in [0.15, 0.2) is 11.5 Å². The molecule has 2 atom stereocenters. The van der Waals surface area contributed by atoms with E-state index in [-0.39, 0.29) is 37.0 Å². The Balaban J connectivity index is 1.34. The van der Waals surface area contributed by atoms with Gasteiger partial charge in [-0.2, -0.15) is 0 Å². The minimum atomic E-state index is -0.350. The number of hydrogen-bond donors (Lipinski definition) is 1. The van der Waals surface area contributed by atoms with Gasteiger partial charge in [-0.3, -0.25) is 9.59 Å². The van der Waals surface area contributed by atoms with E-state index >= 15 is 0 Å². The van der Waals surface area contributed by atoms with Crippen LogP contribution in [0, 0.1) is 5.92 Å². The minimum absolute atomic E-state index is 0.0140. The summed E-state index contributed by atoms with van der Waals surface area (Å²) in [6, 6.07) is 13.1. The molecule has 2 amide bonds. The highest BCUT2D eigenvalue weighted by Crippen LogP contribution is 2.33. The van der Waals surface area contributed by atoms with Crippen LogP contribution in [0.1, 0.15) is 30.5 Å². The van der Waals surface area contributed by atoms with Crippen LogP contribution >= 0.6 is 0 Å². The zero-order valence-electron chi connectivity index (χ0n) is 16.5. The van der Waals surface area contributed by atoms with Crippen molar-refractivity contribution in [3.8, 4) is 17.2 Å². The van der Waals surface area contributed by atoms with Gasteiger partial charge in [0.2, 0.25) is 18.6 Å². The van der Waals surface area contributed by atoms with Crippen molar-refractivity contribution in [2.45, 2.75) is 25.9 Å². The molecule has 0 bridgehead atoms. The van der Waals surface area contributed by atoms with Crippen LogP contribution in [0.4, 0.5) is 0 Å². The summed E-state index contributed by atoms with van der Waals surface area (Å²) < 4.78 is 15.9. The number of ether oxygens (including phenoxy) is 3. The minimum Gasteiger partial charge on any atom is -0.497 e. The fraction of sp³-hybridized carbons (Fsp3) is 0.364. The molecular formula is C22H24N2O5. The average Bonchev–Trinajstić information content (AvgIpc) is 3.34. The molecule has 2 aliphatic heterocycles. The third kappa shape index (κ3) is 4.13. The number of nitrogens with zero attached hydrogens (tertiary/aromatic N) is 1. The maximum Gasteiger partial charge on any atom is 0.231 e. The Labute approximate surface area is 169 Å². The van der Waals surface area contributed by atoms with Crippen molar-refractivity contribution in [3.05, 3.63) is 53.6 Å². The van der Waals surface area contributed by atoms with E-state index in [1.54, 1.807) is 12.0 Å². The van der Waals surface area contributed by atoms with Crippen molar-refractivity contribution in [1.29, 1.82) is 0 Å². The molecule has 0 saturated carbocycles. The molecule has 0 aliphatic carbocycles. The van der Waals surface area contributed by atoms with E-state index < -0.39 is 0 Å². The third-order valence-corrected chi connectivity index (χ3v) is 5.37. The van der Waals surface area contributed by atoms with Crippen LogP contribution in [0.5, 0.6) is 17.2 Å². The summed E-state index contributed by atoms with van der Waals surface area (Å²) in [5, 5.41) is 3.02. The quantitative estimate of drug-likeness (QED) is 0.812. The molecule has 152 valence electrons. The van der Waals surface area contributed by atoms with Crippen LogP contribution in [0.25, 0.3) is 0 Å². The highest BCUT2D eigenvalue weighted by molar-refractivity contribution is 5.89. The first-order chi connectivity index (χ1) is 14.0. The molecule has 7 heteroatoms. The predicted octanol–water partition coefficient (Wildman–Crippen LogP) is 2.65. The zero-order chi connectivity index (χ0) is 20.4. The lowest BCUT2D eigenvalue weighted by atomic mass is 10.0. The molecule has 2 aromatic carbocycles. The number of carbonyl (C=O) groups excluding carboxylic acids is 2. The van der Waals surface area contributed by atoms with Gasteiger partial charge in [0.25, 0.3) is 0 Å². The Kier molecular flexibility index (Phi) is 5.29. The van der Waals surface area contributed by atoms with E-state index in [2.05, 4.69) is 5.32 Å². The molecule has 2 heterocycles. The number of hydrogen-bond acceptors (Lipinski definition) is 5. The SMILES string of the molecule is COc1ccc(C(C)NC(=O)C2CC(=O)N(Cc3ccc4c(c3)OCO4)C2)cc1. The Morgan fingerprint density at radius 3 is 2.72 bits per heavy atom. The fourth-order valence-electron chi connectivity index (χ4n) is 3.67. The largest absolute Gasteiger partial charge is 0.497 e. The van der Waals surface area contributed by atoms with Crippen molar-refractivity contribution >= 4 is 11.8 Å². The zero-order valence-corrected chi connectivity index (χ0v) is 16.5. The summed E-state index contributed by atoms with van der Waals surface area (Å²) in [5.41, 5.74) is 1.94. The van der Waals surface area contributed by atoms with Gasteiger partial charge < -0.3 is 24.4 Å². The Morgan fingerprint density at radius 2 is 1.97 bits per heavy atom. The molecule has 2 aliphatic rings. The van der Waals surface area contributed by atoms with E-state index in [1.807, 2.05) is 49.4 Å². The molecule has 0 spiro atoms. The summed E-state index contributed by atoms with van der Waals surface area (Å²) in [7, 11) is 1.62. The fourth-order valence-corrected chi connectivity index (χ4v) is 3.67. The number of fused-ring (bicyclic) bond motifs is 1. The van der Waals surface area contributed by atoms with Gasteiger partial charge in [0, 0.05) is 19.5 Å². The number of methoxy groups -OCH3 is 1. The molecule has 7 nitrogen and oxygen atoms in total. The topological polar surface area (TPSA) is 77.1 Å². The van der Waals surface area contributed by atoms with Crippen molar-refractivity contribution in [2.24, 2.45) is 5.92 Å². The van der Waals surface area contributed by atoms with Gasteiger partial charge in [-0.25, -0.2) is 0 Å². The summed E-state index contributed by atoms with van der Waals surface area (Å²) in [5.74, 6) is 1.71. The Hall–Kier alpha value is -3.22. The van der Waals surface area contributed by atoms with E-state index in [1.165, 1.54) is 0 Å². The number of benzene rings is 2. The monoisotopic (exact) mass is 396 g/mol. The predicted molar refractivity (Wildman–Crippen MR) is 106 cm³/mol. The summed E-state index contributed by atoms with van der Waals surface area (Å²) in [6.07, 6.45) is 0.228. The van der Waals surface area contributed by atoms with Crippen LogP contribution in [-0.2, 0) is 16.1 Å². The maximum atomic E-state index is 12.7. The highest BCUT2D eigenvalue weighted by atomic mass is 16.7. The van der Waals surface area contributed by atoms with Crippen LogP contribution < -0.4 is 19.5 Å². The molecular weight excluding hydrogens is 372 g/mol. The molecule has 1 N–H and O–H groups in total. The number of likely N-dealkylation sites (tertiary alicyclic amines) is 1. The van der Waals surface area contributed by atoms with E-state index in [4.69, 9.17) is 14.2 Å². The first kappa shape index (κ1) is 19.1. The van der Waals surface area contributed by atoms with Crippen molar-refractivity contribution < 1.29 is 23.8 Å². The van der Waals surface area contributed by atoms with Crippen LogP contribution in [0.3, 0.4) is 0 Å². The standard InChI is InChI=1S/C22H24N2O5/c1-14(16-4-6-18(27-2)7-5-16)23-22(26)17-10-21(25)24(12-17)11-15-3-8-19-20(9-15)29-13-28-19/h3-9,14,17H,10-13H2,1-2H3,(H,23,26). The van der Waals surface area contributed by atoms with Gasteiger partial charge in [-0.15, -0.1) is 0 Å². The van der Waals surface area contributed by atoms with Crippen LogP contribution in [0.15, 0.2) is 42.5 Å².